The SMILES string of the molecule is O=C(Nc1ccccc1C(=O)NCCc1cccc(F)c1)c1ccco1. The summed E-state index contributed by atoms with van der Waals surface area (Å²) in [5.74, 6) is -0.905. The molecular weight excluding hydrogens is 335 g/mol. The Bertz CT molecular complexity index is 907. The maximum Gasteiger partial charge on any atom is 0.291 e. The Morgan fingerprint density at radius 3 is 2.58 bits per heavy atom. The largest absolute Gasteiger partial charge is 0.459 e. The molecule has 0 atom stereocenters. The van der Waals surface area contributed by atoms with Gasteiger partial charge in [0.15, 0.2) is 5.76 Å². The number of hydrogen-bond acceptors (Lipinski definition) is 3. The molecule has 6 heteroatoms. The third kappa shape index (κ3) is 4.36. The number of hydrogen-bond donors (Lipinski definition) is 2. The zero-order valence-corrected chi connectivity index (χ0v) is 13.9. The van der Waals surface area contributed by atoms with Crippen LogP contribution in [0.3, 0.4) is 0 Å². The molecule has 0 spiro atoms. The maximum absolute atomic E-state index is 13.2. The number of rotatable bonds is 6. The maximum atomic E-state index is 13.2. The Labute approximate surface area is 149 Å². The molecule has 1 heterocycles. The van der Waals surface area contributed by atoms with Gasteiger partial charge in [0.1, 0.15) is 5.82 Å². The van der Waals surface area contributed by atoms with Gasteiger partial charge >= 0.3 is 0 Å². The molecule has 3 aromatic rings. The number of benzene rings is 2. The number of halogens is 1. The van der Waals surface area contributed by atoms with Gasteiger partial charge in [-0.1, -0.05) is 24.3 Å². The van der Waals surface area contributed by atoms with Gasteiger partial charge in [-0.2, -0.15) is 0 Å². The lowest BCUT2D eigenvalue weighted by molar-refractivity contribution is 0.0955. The highest BCUT2D eigenvalue weighted by Gasteiger charge is 2.15. The Kier molecular flexibility index (Phi) is 5.43. The molecule has 132 valence electrons. The Morgan fingerprint density at radius 1 is 0.962 bits per heavy atom. The lowest BCUT2D eigenvalue weighted by Gasteiger charge is -2.11. The minimum atomic E-state index is -0.435. The molecular formula is C20H17FN2O3. The van der Waals surface area contributed by atoms with Crippen molar-refractivity contribution in [1.82, 2.24) is 5.32 Å². The molecule has 0 saturated heterocycles. The van der Waals surface area contributed by atoms with E-state index in [1.165, 1.54) is 24.5 Å². The highest BCUT2D eigenvalue weighted by atomic mass is 19.1. The number of amides is 2. The lowest BCUT2D eigenvalue weighted by Crippen LogP contribution is -2.27. The van der Waals surface area contributed by atoms with Crippen molar-refractivity contribution in [2.45, 2.75) is 6.42 Å². The van der Waals surface area contributed by atoms with Gasteiger partial charge in [0.25, 0.3) is 11.8 Å². The molecule has 0 fully saturated rings. The quantitative estimate of drug-likeness (QED) is 0.711. The van der Waals surface area contributed by atoms with Crippen LogP contribution in [-0.2, 0) is 6.42 Å². The van der Waals surface area contributed by atoms with Gasteiger partial charge in [-0.3, -0.25) is 9.59 Å². The van der Waals surface area contributed by atoms with Crippen LogP contribution in [0.2, 0.25) is 0 Å². The number of carbonyl (C=O) groups is 2. The minimum Gasteiger partial charge on any atom is -0.459 e. The minimum absolute atomic E-state index is 0.159. The molecule has 0 aliphatic rings. The second-order valence-corrected chi connectivity index (χ2v) is 5.61. The van der Waals surface area contributed by atoms with Crippen LogP contribution in [0.15, 0.2) is 71.3 Å². The van der Waals surface area contributed by atoms with Crippen LogP contribution < -0.4 is 10.6 Å². The molecule has 0 aliphatic heterocycles. The lowest BCUT2D eigenvalue weighted by atomic mass is 10.1. The normalized spacial score (nSPS) is 10.3. The summed E-state index contributed by atoms with van der Waals surface area (Å²) in [5.41, 5.74) is 1.52. The summed E-state index contributed by atoms with van der Waals surface area (Å²) in [5, 5.41) is 5.45. The van der Waals surface area contributed by atoms with Crippen molar-refractivity contribution in [3.8, 4) is 0 Å². The third-order valence-corrected chi connectivity index (χ3v) is 3.75. The Morgan fingerprint density at radius 2 is 1.81 bits per heavy atom. The first kappa shape index (κ1) is 17.4. The summed E-state index contributed by atoms with van der Waals surface area (Å²) in [6.07, 6.45) is 1.91. The molecule has 1 aromatic heterocycles. The second kappa shape index (κ2) is 8.11. The van der Waals surface area contributed by atoms with Crippen molar-refractivity contribution in [2.75, 3.05) is 11.9 Å². The topological polar surface area (TPSA) is 71.3 Å². The second-order valence-electron chi connectivity index (χ2n) is 5.61. The van der Waals surface area contributed by atoms with E-state index in [0.29, 0.717) is 24.2 Å². The van der Waals surface area contributed by atoms with Gasteiger partial charge in [0, 0.05) is 6.54 Å². The van der Waals surface area contributed by atoms with E-state index in [9.17, 15) is 14.0 Å². The van der Waals surface area contributed by atoms with Crippen molar-refractivity contribution in [3.05, 3.63) is 89.6 Å². The molecule has 2 N–H and O–H groups in total. The fourth-order valence-corrected chi connectivity index (χ4v) is 2.49. The molecule has 2 amide bonds. The van der Waals surface area contributed by atoms with E-state index in [-0.39, 0.29) is 17.5 Å². The molecule has 5 nitrogen and oxygen atoms in total. The summed E-state index contributed by atoms with van der Waals surface area (Å²) < 4.78 is 18.2. The van der Waals surface area contributed by atoms with E-state index >= 15 is 0 Å². The van der Waals surface area contributed by atoms with E-state index in [4.69, 9.17) is 4.42 Å². The van der Waals surface area contributed by atoms with Crippen LogP contribution in [0.4, 0.5) is 10.1 Å². The predicted molar refractivity (Wildman–Crippen MR) is 95.5 cm³/mol. The number of para-hydroxylation sites is 1. The smallest absolute Gasteiger partial charge is 0.291 e. The van der Waals surface area contributed by atoms with Crippen molar-refractivity contribution in [1.29, 1.82) is 0 Å². The number of anilines is 1. The van der Waals surface area contributed by atoms with Crippen molar-refractivity contribution in [3.63, 3.8) is 0 Å². The van der Waals surface area contributed by atoms with Crippen molar-refractivity contribution in [2.24, 2.45) is 0 Å². The average molecular weight is 352 g/mol. The van der Waals surface area contributed by atoms with Gasteiger partial charge in [-0.05, 0) is 48.4 Å². The molecule has 0 unspecified atom stereocenters. The van der Waals surface area contributed by atoms with E-state index in [1.54, 1.807) is 42.5 Å². The van der Waals surface area contributed by atoms with Gasteiger partial charge < -0.3 is 15.1 Å². The highest BCUT2D eigenvalue weighted by molar-refractivity contribution is 6.07. The monoisotopic (exact) mass is 352 g/mol. The summed E-state index contributed by atoms with van der Waals surface area (Å²) in [7, 11) is 0. The fourth-order valence-electron chi connectivity index (χ4n) is 2.49. The fraction of sp³-hybridized carbons (Fsp3) is 0.100. The number of carbonyl (C=O) groups excluding carboxylic acids is 2. The molecule has 0 bridgehead atoms. The Balaban J connectivity index is 1.63. The molecule has 0 aliphatic carbocycles. The standard InChI is InChI=1S/C20H17FN2O3/c21-15-6-3-5-14(13-15)10-11-22-19(24)16-7-1-2-8-17(16)23-20(25)18-9-4-12-26-18/h1-9,12-13H,10-11H2,(H,22,24)(H,23,25). The van der Waals surface area contributed by atoms with E-state index in [2.05, 4.69) is 10.6 Å². The van der Waals surface area contributed by atoms with Crippen LogP contribution in [0.25, 0.3) is 0 Å². The van der Waals surface area contributed by atoms with E-state index in [0.717, 1.165) is 5.56 Å². The molecule has 0 saturated carbocycles. The molecule has 2 aromatic carbocycles. The summed E-state index contributed by atoms with van der Waals surface area (Å²) in [4.78, 5) is 24.5. The van der Waals surface area contributed by atoms with Gasteiger partial charge in [-0.25, -0.2) is 4.39 Å². The van der Waals surface area contributed by atoms with E-state index in [1.807, 2.05) is 0 Å². The molecule has 0 radical (unpaired) electrons. The number of nitrogens with one attached hydrogen (secondary N) is 2. The first-order valence-electron chi connectivity index (χ1n) is 8.10. The highest BCUT2D eigenvalue weighted by Crippen LogP contribution is 2.16. The average Bonchev–Trinajstić information content (AvgIpc) is 3.17. The third-order valence-electron chi connectivity index (χ3n) is 3.75. The summed E-state index contributed by atoms with van der Waals surface area (Å²) in [6, 6.07) is 16.1. The van der Waals surface area contributed by atoms with Crippen LogP contribution in [0, 0.1) is 5.82 Å². The zero-order chi connectivity index (χ0) is 18.4. The van der Waals surface area contributed by atoms with Crippen LogP contribution in [-0.4, -0.2) is 18.4 Å². The predicted octanol–water partition coefficient (Wildman–Crippen LogP) is 3.64. The van der Waals surface area contributed by atoms with Crippen LogP contribution in [0.5, 0.6) is 0 Å². The van der Waals surface area contributed by atoms with Crippen LogP contribution >= 0.6 is 0 Å². The van der Waals surface area contributed by atoms with Gasteiger partial charge in [0.2, 0.25) is 0 Å². The first-order chi connectivity index (χ1) is 12.6. The van der Waals surface area contributed by atoms with E-state index < -0.39 is 5.91 Å². The molecule has 26 heavy (non-hydrogen) atoms. The number of furan rings is 1. The Hall–Kier alpha value is -3.41. The van der Waals surface area contributed by atoms with Crippen molar-refractivity contribution < 1.29 is 18.4 Å². The summed E-state index contributed by atoms with van der Waals surface area (Å²) in [6.45, 7) is 0.350. The van der Waals surface area contributed by atoms with Crippen molar-refractivity contribution >= 4 is 17.5 Å². The zero-order valence-electron chi connectivity index (χ0n) is 13.9. The summed E-state index contributed by atoms with van der Waals surface area (Å²) >= 11 is 0. The van der Waals surface area contributed by atoms with Crippen LogP contribution in [0.1, 0.15) is 26.5 Å². The first-order valence-corrected chi connectivity index (χ1v) is 8.10. The van der Waals surface area contributed by atoms with Gasteiger partial charge in [-0.15, -0.1) is 0 Å². The molecule has 3 rings (SSSR count). The van der Waals surface area contributed by atoms with Gasteiger partial charge in [0.05, 0.1) is 17.5 Å².